The summed E-state index contributed by atoms with van der Waals surface area (Å²) in [6, 6.07) is 20.4. The summed E-state index contributed by atoms with van der Waals surface area (Å²) in [7, 11) is 0. The van der Waals surface area contributed by atoms with Crippen LogP contribution in [-0.2, 0) is 0 Å². The number of rotatable bonds is 5. The van der Waals surface area contributed by atoms with Crippen molar-refractivity contribution in [1.29, 1.82) is 0 Å². The highest BCUT2D eigenvalue weighted by molar-refractivity contribution is 5.83. The maximum absolute atomic E-state index is 10.7. The summed E-state index contributed by atoms with van der Waals surface area (Å²) < 4.78 is 6.06. The highest BCUT2D eigenvalue weighted by Crippen LogP contribution is 2.44. The summed E-state index contributed by atoms with van der Waals surface area (Å²) in [5.41, 5.74) is 6.32. The van der Waals surface area contributed by atoms with Gasteiger partial charge in [-0.1, -0.05) is 18.2 Å². The second-order valence-electron chi connectivity index (χ2n) is 8.69. The predicted molar refractivity (Wildman–Crippen MR) is 136 cm³/mol. The molecular formula is C29H29NO4. The van der Waals surface area contributed by atoms with Gasteiger partial charge in [-0.05, 0) is 87.7 Å². The van der Waals surface area contributed by atoms with Gasteiger partial charge in [0.2, 0.25) is 0 Å². The number of ether oxygens (including phenoxy) is 1. The van der Waals surface area contributed by atoms with Crippen LogP contribution in [0.15, 0.2) is 66.7 Å². The SMILES string of the molecule is Cc1cc(O)cc(Oc2cccc(N(c3ccc(C)c(O)c3C)c3ccc(C)c(O)c3C)c2)c1. The van der Waals surface area contributed by atoms with Crippen molar-refractivity contribution in [2.75, 3.05) is 4.90 Å². The largest absolute Gasteiger partial charge is 0.508 e. The Kier molecular flexibility index (Phi) is 6.12. The van der Waals surface area contributed by atoms with Gasteiger partial charge >= 0.3 is 0 Å². The third-order valence-corrected chi connectivity index (χ3v) is 6.04. The van der Waals surface area contributed by atoms with Crippen molar-refractivity contribution in [3.63, 3.8) is 0 Å². The van der Waals surface area contributed by atoms with Crippen LogP contribution < -0.4 is 9.64 Å². The van der Waals surface area contributed by atoms with Crippen LogP contribution in [0.25, 0.3) is 0 Å². The van der Waals surface area contributed by atoms with Crippen LogP contribution >= 0.6 is 0 Å². The molecule has 0 unspecified atom stereocenters. The van der Waals surface area contributed by atoms with Crippen LogP contribution in [0.1, 0.15) is 27.8 Å². The van der Waals surface area contributed by atoms with E-state index in [-0.39, 0.29) is 17.2 Å². The first kappa shape index (κ1) is 23.1. The fraction of sp³-hybridized carbons (Fsp3) is 0.172. The van der Waals surface area contributed by atoms with Crippen LogP contribution in [0, 0.1) is 34.6 Å². The van der Waals surface area contributed by atoms with Gasteiger partial charge in [0.05, 0.1) is 11.4 Å². The number of aryl methyl sites for hydroxylation is 3. The number of nitrogens with zero attached hydrogens (tertiary/aromatic N) is 1. The maximum atomic E-state index is 10.7. The van der Waals surface area contributed by atoms with Gasteiger partial charge in [0.25, 0.3) is 0 Å². The monoisotopic (exact) mass is 455 g/mol. The number of aromatic hydroxyl groups is 3. The van der Waals surface area contributed by atoms with Crippen molar-refractivity contribution in [2.45, 2.75) is 34.6 Å². The van der Waals surface area contributed by atoms with Gasteiger partial charge in [0, 0.05) is 28.9 Å². The van der Waals surface area contributed by atoms with E-state index in [0.717, 1.165) is 44.9 Å². The fourth-order valence-corrected chi connectivity index (χ4v) is 4.15. The Morgan fingerprint density at radius 2 is 1.21 bits per heavy atom. The summed E-state index contributed by atoms with van der Waals surface area (Å²) in [4.78, 5) is 2.00. The first-order valence-corrected chi connectivity index (χ1v) is 11.1. The van der Waals surface area contributed by atoms with Crippen LogP contribution in [0.5, 0.6) is 28.7 Å². The molecule has 0 aliphatic carbocycles. The molecule has 34 heavy (non-hydrogen) atoms. The van der Waals surface area contributed by atoms with Gasteiger partial charge in [0.15, 0.2) is 0 Å². The summed E-state index contributed by atoms with van der Waals surface area (Å²) in [5.74, 6) is 1.74. The second kappa shape index (κ2) is 9.02. The van der Waals surface area contributed by atoms with Crippen molar-refractivity contribution in [2.24, 2.45) is 0 Å². The molecule has 0 heterocycles. The third kappa shape index (κ3) is 4.37. The number of anilines is 3. The van der Waals surface area contributed by atoms with Crippen LogP contribution in [-0.4, -0.2) is 15.3 Å². The molecule has 0 amide bonds. The Labute approximate surface area is 200 Å². The lowest BCUT2D eigenvalue weighted by atomic mass is 10.0. The number of benzene rings is 4. The molecule has 5 nitrogen and oxygen atoms in total. The number of phenols is 3. The summed E-state index contributed by atoms with van der Waals surface area (Å²) >= 11 is 0. The molecule has 5 heteroatoms. The van der Waals surface area contributed by atoms with Crippen LogP contribution in [0.3, 0.4) is 0 Å². The first-order chi connectivity index (χ1) is 16.2. The highest BCUT2D eigenvalue weighted by atomic mass is 16.5. The molecule has 0 fully saturated rings. The zero-order valence-corrected chi connectivity index (χ0v) is 20.0. The smallest absolute Gasteiger partial charge is 0.131 e. The lowest BCUT2D eigenvalue weighted by Gasteiger charge is -2.29. The molecule has 0 aliphatic rings. The van der Waals surface area contributed by atoms with Gasteiger partial charge in [-0.2, -0.15) is 0 Å². The summed E-state index contributed by atoms with van der Waals surface area (Å²) in [6.07, 6.45) is 0. The molecule has 4 aromatic rings. The van der Waals surface area contributed by atoms with Gasteiger partial charge in [-0.3, -0.25) is 0 Å². The minimum Gasteiger partial charge on any atom is -0.508 e. The second-order valence-corrected chi connectivity index (χ2v) is 8.69. The van der Waals surface area contributed by atoms with E-state index in [1.165, 1.54) is 0 Å². The molecule has 0 radical (unpaired) electrons. The van der Waals surface area contributed by atoms with E-state index in [1.54, 1.807) is 12.1 Å². The van der Waals surface area contributed by atoms with Crippen molar-refractivity contribution < 1.29 is 20.1 Å². The van der Waals surface area contributed by atoms with E-state index in [4.69, 9.17) is 4.74 Å². The van der Waals surface area contributed by atoms with E-state index in [9.17, 15) is 15.3 Å². The van der Waals surface area contributed by atoms with Crippen molar-refractivity contribution in [3.05, 3.63) is 94.5 Å². The van der Waals surface area contributed by atoms with E-state index in [2.05, 4.69) is 0 Å². The van der Waals surface area contributed by atoms with Gasteiger partial charge < -0.3 is 25.0 Å². The zero-order chi connectivity index (χ0) is 24.6. The fourth-order valence-electron chi connectivity index (χ4n) is 4.15. The molecule has 0 atom stereocenters. The Morgan fingerprint density at radius 1 is 0.618 bits per heavy atom. The topological polar surface area (TPSA) is 73.2 Å². The predicted octanol–water partition coefficient (Wildman–Crippen LogP) is 7.61. The van der Waals surface area contributed by atoms with Crippen molar-refractivity contribution in [1.82, 2.24) is 0 Å². The molecule has 0 aromatic heterocycles. The highest BCUT2D eigenvalue weighted by Gasteiger charge is 2.21. The average molecular weight is 456 g/mol. The Bertz CT molecular complexity index is 1300. The molecule has 0 bridgehead atoms. The quantitative estimate of drug-likeness (QED) is 0.289. The lowest BCUT2D eigenvalue weighted by molar-refractivity contribution is 0.454. The Morgan fingerprint density at radius 3 is 1.76 bits per heavy atom. The normalized spacial score (nSPS) is 10.9. The first-order valence-electron chi connectivity index (χ1n) is 11.1. The van der Waals surface area contributed by atoms with E-state index >= 15 is 0 Å². The Balaban J connectivity index is 1.87. The van der Waals surface area contributed by atoms with Crippen LogP contribution in [0.2, 0.25) is 0 Å². The minimum absolute atomic E-state index is 0.143. The number of hydrogen-bond acceptors (Lipinski definition) is 5. The van der Waals surface area contributed by atoms with Crippen molar-refractivity contribution in [3.8, 4) is 28.7 Å². The molecule has 0 saturated carbocycles. The summed E-state index contributed by atoms with van der Waals surface area (Å²) in [6.45, 7) is 9.38. The molecular weight excluding hydrogens is 426 g/mol. The molecule has 4 aromatic carbocycles. The molecule has 174 valence electrons. The average Bonchev–Trinajstić information content (AvgIpc) is 2.78. The number of hydrogen-bond donors (Lipinski definition) is 3. The molecule has 3 N–H and O–H groups in total. The summed E-state index contributed by atoms with van der Waals surface area (Å²) in [5, 5.41) is 31.3. The molecule has 0 aliphatic heterocycles. The van der Waals surface area contributed by atoms with E-state index in [0.29, 0.717) is 11.5 Å². The van der Waals surface area contributed by atoms with E-state index < -0.39 is 0 Å². The van der Waals surface area contributed by atoms with Gasteiger partial charge in [-0.25, -0.2) is 0 Å². The molecule has 4 rings (SSSR count). The standard InChI is InChI=1S/C29H29NO4/c1-17-13-23(31)16-25(14-17)34-24-8-6-7-22(15-24)30(26-11-9-18(2)28(32)20(26)4)27-12-10-19(3)29(33)21(27)5/h6-16,31-33H,1-5H3. The molecule has 0 spiro atoms. The Hall–Kier alpha value is -4.12. The number of phenolic OH excluding ortho intramolecular Hbond substituents is 3. The molecule has 0 saturated heterocycles. The van der Waals surface area contributed by atoms with Crippen molar-refractivity contribution >= 4 is 17.1 Å². The van der Waals surface area contributed by atoms with Gasteiger partial charge in [-0.15, -0.1) is 0 Å². The maximum Gasteiger partial charge on any atom is 0.131 e. The lowest BCUT2D eigenvalue weighted by Crippen LogP contribution is -2.13. The van der Waals surface area contributed by atoms with Crippen LogP contribution in [0.4, 0.5) is 17.1 Å². The minimum atomic E-state index is 0.143. The third-order valence-electron chi connectivity index (χ3n) is 6.04. The van der Waals surface area contributed by atoms with Gasteiger partial charge in [0.1, 0.15) is 28.7 Å². The zero-order valence-electron chi connectivity index (χ0n) is 20.0. The van der Waals surface area contributed by atoms with E-state index in [1.807, 2.05) is 94.1 Å².